The molecule has 1 heterocycles. The van der Waals surface area contributed by atoms with Crippen LogP contribution in [0, 0.1) is 0 Å². The largest absolute Gasteiger partial charge is 0.465 e. The molecule has 0 aliphatic rings. The smallest absolute Gasteiger partial charge is 0.337 e. The number of methoxy groups -OCH3 is 2. The van der Waals surface area contributed by atoms with Gasteiger partial charge in [0.25, 0.3) is 5.91 Å². The van der Waals surface area contributed by atoms with Gasteiger partial charge in [0.2, 0.25) is 0 Å². The first-order valence-corrected chi connectivity index (χ1v) is 7.68. The number of anilines is 2. The molecule has 132 valence electrons. The normalized spacial score (nSPS) is 10.2. The van der Waals surface area contributed by atoms with Crippen LogP contribution in [0.1, 0.15) is 27.3 Å². The van der Waals surface area contributed by atoms with E-state index in [9.17, 15) is 9.59 Å². The van der Waals surface area contributed by atoms with Gasteiger partial charge >= 0.3 is 5.97 Å². The number of nitrogens with one attached hydrogen (secondary N) is 2. The highest BCUT2D eigenvalue weighted by molar-refractivity contribution is 6.03. The van der Waals surface area contributed by atoms with E-state index in [-0.39, 0.29) is 11.6 Å². The fourth-order valence-electron chi connectivity index (χ4n) is 2.01. The Hall–Kier alpha value is -3.00. The Bertz CT molecular complexity index is 719. The van der Waals surface area contributed by atoms with E-state index in [4.69, 9.17) is 4.74 Å². The highest BCUT2D eigenvalue weighted by Gasteiger charge is 2.10. The molecule has 2 aromatic rings. The molecule has 1 aromatic carbocycles. The molecule has 25 heavy (non-hydrogen) atoms. The summed E-state index contributed by atoms with van der Waals surface area (Å²) < 4.78 is 9.60. The van der Waals surface area contributed by atoms with Crippen LogP contribution in [0.5, 0.6) is 0 Å². The number of hydrogen-bond acceptors (Lipinski definition) is 7. The third kappa shape index (κ3) is 5.54. The van der Waals surface area contributed by atoms with Crippen molar-refractivity contribution in [2.45, 2.75) is 6.42 Å². The average molecular weight is 344 g/mol. The molecule has 2 rings (SSSR count). The third-order valence-electron chi connectivity index (χ3n) is 3.29. The summed E-state index contributed by atoms with van der Waals surface area (Å²) in [4.78, 5) is 31.7. The summed E-state index contributed by atoms with van der Waals surface area (Å²) in [6.07, 6.45) is 2.16. The Morgan fingerprint density at radius 2 is 1.88 bits per heavy atom. The molecule has 0 atom stereocenters. The van der Waals surface area contributed by atoms with Gasteiger partial charge in [0.15, 0.2) is 0 Å². The number of carbonyl (C=O) groups is 2. The summed E-state index contributed by atoms with van der Waals surface area (Å²) >= 11 is 0. The standard InChI is InChI=1S/C17H20N4O4/c1-24-9-3-8-18-15-10-14(19-11-20-15)16(22)21-13-6-4-12(5-7-13)17(23)25-2/h4-7,10-11H,3,8-9H2,1-2H3,(H,21,22)(H,18,19,20). The van der Waals surface area contributed by atoms with Crippen LogP contribution in [-0.2, 0) is 9.47 Å². The molecule has 0 unspecified atom stereocenters. The quantitative estimate of drug-likeness (QED) is 0.557. The summed E-state index contributed by atoms with van der Waals surface area (Å²) in [5, 5.41) is 5.82. The van der Waals surface area contributed by atoms with Crippen LogP contribution in [-0.4, -0.2) is 49.2 Å². The van der Waals surface area contributed by atoms with E-state index in [1.54, 1.807) is 37.4 Å². The zero-order valence-electron chi connectivity index (χ0n) is 14.1. The number of aromatic nitrogens is 2. The first-order chi connectivity index (χ1) is 12.1. The molecule has 0 aliphatic carbocycles. The number of hydrogen-bond donors (Lipinski definition) is 2. The fourth-order valence-corrected chi connectivity index (χ4v) is 2.01. The SMILES string of the molecule is COCCCNc1cc(C(=O)Nc2ccc(C(=O)OC)cc2)ncn1. The van der Waals surface area contributed by atoms with Crippen molar-refractivity contribution in [1.82, 2.24) is 9.97 Å². The second-order valence-corrected chi connectivity index (χ2v) is 5.08. The molecular weight excluding hydrogens is 324 g/mol. The number of esters is 1. The highest BCUT2D eigenvalue weighted by Crippen LogP contribution is 2.12. The molecule has 8 heteroatoms. The lowest BCUT2D eigenvalue weighted by Gasteiger charge is -2.08. The van der Waals surface area contributed by atoms with Crippen molar-refractivity contribution >= 4 is 23.4 Å². The molecule has 0 saturated carbocycles. The van der Waals surface area contributed by atoms with Crippen LogP contribution in [0.4, 0.5) is 11.5 Å². The number of nitrogens with zero attached hydrogens (tertiary/aromatic N) is 2. The number of benzene rings is 1. The molecule has 0 saturated heterocycles. The number of amides is 1. The predicted octanol–water partition coefficient (Wildman–Crippen LogP) is 1.96. The van der Waals surface area contributed by atoms with Gasteiger partial charge in [-0.2, -0.15) is 0 Å². The molecule has 0 spiro atoms. The minimum absolute atomic E-state index is 0.237. The number of ether oxygens (including phenoxy) is 2. The Balaban J connectivity index is 1.97. The Kier molecular flexibility index (Phi) is 6.85. The van der Waals surface area contributed by atoms with Crippen LogP contribution in [0.3, 0.4) is 0 Å². The Labute approximate surface area is 145 Å². The number of carbonyl (C=O) groups excluding carboxylic acids is 2. The monoisotopic (exact) mass is 344 g/mol. The highest BCUT2D eigenvalue weighted by atomic mass is 16.5. The third-order valence-corrected chi connectivity index (χ3v) is 3.29. The molecule has 1 amide bonds. The van der Waals surface area contributed by atoms with Gasteiger partial charge in [-0.3, -0.25) is 4.79 Å². The summed E-state index contributed by atoms with van der Waals surface area (Å²) in [6.45, 7) is 1.33. The van der Waals surface area contributed by atoms with Gasteiger partial charge in [-0.05, 0) is 30.7 Å². The van der Waals surface area contributed by atoms with E-state index in [1.165, 1.54) is 13.4 Å². The minimum Gasteiger partial charge on any atom is -0.465 e. The molecule has 0 radical (unpaired) electrons. The van der Waals surface area contributed by atoms with Gasteiger partial charge in [-0.15, -0.1) is 0 Å². The fraction of sp³-hybridized carbons (Fsp3) is 0.294. The Morgan fingerprint density at radius 3 is 2.56 bits per heavy atom. The van der Waals surface area contributed by atoms with E-state index in [0.29, 0.717) is 30.2 Å². The van der Waals surface area contributed by atoms with Gasteiger partial charge in [0.1, 0.15) is 17.8 Å². The van der Waals surface area contributed by atoms with E-state index >= 15 is 0 Å². The van der Waals surface area contributed by atoms with Crippen LogP contribution in [0.2, 0.25) is 0 Å². The average Bonchev–Trinajstić information content (AvgIpc) is 2.65. The molecule has 2 N–H and O–H groups in total. The topological polar surface area (TPSA) is 102 Å². The van der Waals surface area contributed by atoms with Crippen molar-refractivity contribution in [2.75, 3.05) is 38.0 Å². The summed E-state index contributed by atoms with van der Waals surface area (Å²) in [7, 11) is 2.96. The van der Waals surface area contributed by atoms with Gasteiger partial charge in [-0.25, -0.2) is 14.8 Å². The van der Waals surface area contributed by atoms with Crippen LogP contribution >= 0.6 is 0 Å². The molecule has 1 aromatic heterocycles. The van der Waals surface area contributed by atoms with Gasteiger partial charge < -0.3 is 20.1 Å². The lowest BCUT2D eigenvalue weighted by atomic mass is 10.2. The van der Waals surface area contributed by atoms with Gasteiger partial charge in [-0.1, -0.05) is 0 Å². The maximum Gasteiger partial charge on any atom is 0.337 e. The van der Waals surface area contributed by atoms with E-state index in [2.05, 4.69) is 25.3 Å². The zero-order valence-corrected chi connectivity index (χ0v) is 14.1. The molecule has 0 aliphatic heterocycles. The van der Waals surface area contributed by atoms with Crippen molar-refractivity contribution in [1.29, 1.82) is 0 Å². The summed E-state index contributed by atoms with van der Waals surface area (Å²) in [5.41, 5.74) is 1.19. The molecule has 8 nitrogen and oxygen atoms in total. The second-order valence-electron chi connectivity index (χ2n) is 5.08. The number of rotatable bonds is 8. The van der Waals surface area contributed by atoms with Crippen molar-refractivity contribution < 1.29 is 19.1 Å². The van der Waals surface area contributed by atoms with Crippen molar-refractivity contribution in [2.24, 2.45) is 0 Å². The Morgan fingerprint density at radius 1 is 1.12 bits per heavy atom. The lowest BCUT2D eigenvalue weighted by Crippen LogP contribution is -2.15. The maximum atomic E-state index is 12.3. The summed E-state index contributed by atoms with van der Waals surface area (Å²) in [5.74, 6) is -0.233. The van der Waals surface area contributed by atoms with E-state index in [1.807, 2.05) is 0 Å². The van der Waals surface area contributed by atoms with Crippen LogP contribution < -0.4 is 10.6 Å². The van der Waals surface area contributed by atoms with Gasteiger partial charge in [0, 0.05) is 32.0 Å². The van der Waals surface area contributed by atoms with Crippen molar-refractivity contribution in [3.8, 4) is 0 Å². The molecule has 0 bridgehead atoms. The van der Waals surface area contributed by atoms with Crippen molar-refractivity contribution in [3.63, 3.8) is 0 Å². The molecular formula is C17H20N4O4. The minimum atomic E-state index is -0.433. The van der Waals surface area contributed by atoms with Gasteiger partial charge in [0.05, 0.1) is 12.7 Å². The van der Waals surface area contributed by atoms with Crippen LogP contribution in [0.15, 0.2) is 36.7 Å². The first-order valence-electron chi connectivity index (χ1n) is 7.68. The maximum absolute atomic E-state index is 12.3. The predicted molar refractivity (Wildman–Crippen MR) is 92.7 cm³/mol. The molecule has 0 fully saturated rings. The van der Waals surface area contributed by atoms with Crippen LogP contribution in [0.25, 0.3) is 0 Å². The zero-order chi connectivity index (χ0) is 18.1. The lowest BCUT2D eigenvalue weighted by molar-refractivity contribution is 0.0600. The first kappa shape index (κ1) is 18.3. The van der Waals surface area contributed by atoms with E-state index < -0.39 is 5.97 Å². The van der Waals surface area contributed by atoms with Crippen molar-refractivity contribution in [3.05, 3.63) is 47.9 Å². The second kappa shape index (κ2) is 9.33. The van der Waals surface area contributed by atoms with E-state index in [0.717, 1.165) is 6.42 Å². The summed E-state index contributed by atoms with van der Waals surface area (Å²) in [6, 6.07) is 7.96.